The van der Waals surface area contributed by atoms with Crippen molar-refractivity contribution >= 4 is 14.3 Å². The van der Waals surface area contributed by atoms with E-state index < -0.39 is 20.1 Å². The van der Waals surface area contributed by atoms with Crippen LogP contribution in [0.2, 0.25) is 18.1 Å². The summed E-state index contributed by atoms with van der Waals surface area (Å²) in [6.45, 7) is 10.5. The number of carbonyl (C=O) groups is 1. The van der Waals surface area contributed by atoms with Crippen LogP contribution >= 0.6 is 0 Å². The van der Waals surface area contributed by atoms with Crippen LogP contribution in [0.3, 0.4) is 0 Å². The molecule has 0 aliphatic carbocycles. The second kappa shape index (κ2) is 4.33. The van der Waals surface area contributed by atoms with Crippen LogP contribution in [0.5, 0.6) is 5.75 Å². The Morgan fingerprint density at radius 1 is 1.32 bits per heavy atom. The highest BCUT2D eigenvalue weighted by Gasteiger charge is 2.41. The molecule has 0 saturated heterocycles. The van der Waals surface area contributed by atoms with Crippen molar-refractivity contribution in [2.24, 2.45) is 0 Å². The van der Waals surface area contributed by atoms with Gasteiger partial charge in [-0.3, -0.25) is 0 Å². The molecule has 2 rings (SSSR count). The average molecular weight is 282 g/mol. The molecule has 0 amide bonds. The largest absolute Gasteiger partial charge is 0.543 e. The number of cyclic esters (lactones) is 1. The molecule has 0 aromatic heterocycles. The number of esters is 1. The van der Waals surface area contributed by atoms with E-state index in [-0.39, 0.29) is 17.2 Å². The van der Waals surface area contributed by atoms with Crippen molar-refractivity contribution in [3.8, 4) is 5.75 Å². The van der Waals surface area contributed by atoms with Crippen LogP contribution in [-0.4, -0.2) is 14.3 Å². The molecule has 0 radical (unpaired) electrons. The van der Waals surface area contributed by atoms with Gasteiger partial charge in [0, 0.05) is 5.56 Å². The minimum atomic E-state index is -2.07. The summed E-state index contributed by atoms with van der Waals surface area (Å²) >= 11 is 0. The topological polar surface area (TPSA) is 35.5 Å². The lowest BCUT2D eigenvalue weighted by Gasteiger charge is -2.36. The number of hydrogen-bond acceptors (Lipinski definition) is 3. The fraction of sp³-hybridized carbons (Fsp3) is 0.500. The van der Waals surface area contributed by atoms with Gasteiger partial charge in [-0.1, -0.05) is 20.8 Å². The molecule has 1 aromatic rings. The van der Waals surface area contributed by atoms with Crippen LogP contribution in [0.1, 0.15) is 36.7 Å². The lowest BCUT2D eigenvalue weighted by Crippen LogP contribution is -2.44. The van der Waals surface area contributed by atoms with Crippen LogP contribution in [0.15, 0.2) is 12.1 Å². The third-order valence-corrected chi connectivity index (χ3v) is 8.28. The predicted molar refractivity (Wildman–Crippen MR) is 73.3 cm³/mol. The SMILES string of the molecule is CC(C)(C)[Si](C)(C)Oc1ccc(F)c2c1C(=O)OC2. The van der Waals surface area contributed by atoms with Gasteiger partial charge in [-0.05, 0) is 30.3 Å². The first-order valence-corrected chi connectivity index (χ1v) is 9.22. The Labute approximate surface area is 113 Å². The lowest BCUT2D eigenvalue weighted by molar-refractivity contribution is 0.0532. The maximum absolute atomic E-state index is 13.6. The Morgan fingerprint density at radius 2 is 1.95 bits per heavy atom. The summed E-state index contributed by atoms with van der Waals surface area (Å²) in [4.78, 5) is 11.7. The van der Waals surface area contributed by atoms with E-state index in [0.29, 0.717) is 11.3 Å². The monoisotopic (exact) mass is 282 g/mol. The number of halogens is 1. The number of hydrogen-bond donors (Lipinski definition) is 0. The molecule has 0 bridgehead atoms. The summed E-state index contributed by atoms with van der Waals surface area (Å²) < 4.78 is 24.6. The molecule has 1 heterocycles. The molecular formula is C14H19FO3Si. The standard InChI is InChI=1S/C14H19FO3Si/c1-14(2,3)19(4,5)18-11-7-6-10(15)9-8-17-13(16)12(9)11/h6-7H,8H2,1-5H3. The fourth-order valence-corrected chi connectivity index (χ4v) is 2.71. The quantitative estimate of drug-likeness (QED) is 0.610. The van der Waals surface area contributed by atoms with Crippen LogP contribution in [0, 0.1) is 5.82 Å². The minimum absolute atomic E-state index is 0.00526. The Balaban J connectivity index is 2.44. The Hall–Kier alpha value is -1.36. The van der Waals surface area contributed by atoms with Gasteiger partial charge in [0.2, 0.25) is 0 Å². The lowest BCUT2D eigenvalue weighted by atomic mass is 10.1. The molecule has 0 fully saturated rings. The van der Waals surface area contributed by atoms with Crippen molar-refractivity contribution in [3.05, 3.63) is 29.1 Å². The molecule has 1 aliphatic heterocycles. The smallest absolute Gasteiger partial charge is 0.342 e. The Morgan fingerprint density at radius 3 is 2.53 bits per heavy atom. The summed E-state index contributed by atoms with van der Waals surface area (Å²) in [6.07, 6.45) is 0. The molecular weight excluding hydrogens is 263 g/mol. The van der Waals surface area contributed by atoms with E-state index in [4.69, 9.17) is 9.16 Å². The highest BCUT2D eigenvalue weighted by Crippen LogP contribution is 2.40. The van der Waals surface area contributed by atoms with Gasteiger partial charge in [-0.15, -0.1) is 0 Å². The van der Waals surface area contributed by atoms with Gasteiger partial charge in [0.25, 0.3) is 8.32 Å². The molecule has 104 valence electrons. The number of fused-ring (bicyclic) bond motifs is 1. The molecule has 0 N–H and O–H groups in total. The average Bonchev–Trinajstić information content (AvgIpc) is 2.64. The van der Waals surface area contributed by atoms with Gasteiger partial charge in [0.1, 0.15) is 23.7 Å². The van der Waals surface area contributed by atoms with E-state index in [1.54, 1.807) is 0 Å². The zero-order chi connectivity index (χ0) is 14.4. The van der Waals surface area contributed by atoms with Crippen molar-refractivity contribution < 1.29 is 18.3 Å². The van der Waals surface area contributed by atoms with Crippen LogP contribution in [0.25, 0.3) is 0 Å². The summed E-state index contributed by atoms with van der Waals surface area (Å²) in [5, 5.41) is 0.0107. The van der Waals surface area contributed by atoms with Gasteiger partial charge in [-0.2, -0.15) is 0 Å². The molecule has 0 spiro atoms. The van der Waals surface area contributed by atoms with Gasteiger partial charge in [0.15, 0.2) is 0 Å². The van der Waals surface area contributed by atoms with E-state index >= 15 is 0 Å². The molecule has 19 heavy (non-hydrogen) atoms. The van der Waals surface area contributed by atoms with Gasteiger partial charge in [0.05, 0.1) is 0 Å². The predicted octanol–water partition coefficient (Wildman–Crippen LogP) is 3.88. The first kappa shape index (κ1) is 14.1. The second-order valence-electron chi connectivity index (χ2n) is 6.34. The highest BCUT2D eigenvalue weighted by molar-refractivity contribution is 6.74. The maximum Gasteiger partial charge on any atom is 0.342 e. The summed E-state index contributed by atoms with van der Waals surface area (Å²) in [5.74, 6) is -0.461. The van der Waals surface area contributed by atoms with Gasteiger partial charge >= 0.3 is 5.97 Å². The Bertz CT molecular complexity index is 532. The number of benzene rings is 1. The fourth-order valence-electron chi connectivity index (χ4n) is 1.69. The van der Waals surface area contributed by atoms with Crippen molar-refractivity contribution in [2.45, 2.75) is 45.5 Å². The molecule has 3 nitrogen and oxygen atoms in total. The molecule has 5 heteroatoms. The first-order chi connectivity index (χ1) is 8.63. The maximum atomic E-state index is 13.6. The van der Waals surface area contributed by atoms with E-state index in [1.165, 1.54) is 12.1 Å². The third-order valence-electron chi connectivity index (χ3n) is 3.94. The zero-order valence-electron chi connectivity index (χ0n) is 12.0. The summed E-state index contributed by atoms with van der Waals surface area (Å²) in [5.41, 5.74) is 0.561. The van der Waals surface area contributed by atoms with Crippen LogP contribution < -0.4 is 4.43 Å². The van der Waals surface area contributed by atoms with Crippen molar-refractivity contribution in [3.63, 3.8) is 0 Å². The summed E-state index contributed by atoms with van der Waals surface area (Å²) in [7, 11) is -2.07. The van der Waals surface area contributed by atoms with Crippen molar-refractivity contribution in [1.82, 2.24) is 0 Å². The first-order valence-electron chi connectivity index (χ1n) is 6.31. The van der Waals surface area contributed by atoms with Crippen molar-refractivity contribution in [2.75, 3.05) is 0 Å². The Kier molecular flexibility index (Phi) is 3.21. The second-order valence-corrected chi connectivity index (χ2v) is 11.1. The molecule has 0 unspecified atom stereocenters. The molecule has 1 aromatic carbocycles. The van der Waals surface area contributed by atoms with Gasteiger partial charge in [-0.25, -0.2) is 9.18 Å². The normalized spacial score (nSPS) is 15.2. The number of carbonyl (C=O) groups excluding carboxylic acids is 1. The van der Waals surface area contributed by atoms with E-state index in [0.717, 1.165) is 0 Å². The molecule has 1 aliphatic rings. The van der Waals surface area contributed by atoms with E-state index in [9.17, 15) is 9.18 Å². The van der Waals surface area contributed by atoms with E-state index in [1.807, 2.05) is 0 Å². The van der Waals surface area contributed by atoms with E-state index in [2.05, 4.69) is 33.9 Å². The van der Waals surface area contributed by atoms with Crippen molar-refractivity contribution in [1.29, 1.82) is 0 Å². The molecule has 0 atom stereocenters. The molecule has 0 saturated carbocycles. The number of rotatable bonds is 2. The third kappa shape index (κ3) is 2.39. The number of ether oxygens (including phenoxy) is 1. The van der Waals surface area contributed by atoms with Crippen LogP contribution in [0.4, 0.5) is 4.39 Å². The van der Waals surface area contributed by atoms with Gasteiger partial charge < -0.3 is 9.16 Å². The highest BCUT2D eigenvalue weighted by atomic mass is 28.4. The zero-order valence-corrected chi connectivity index (χ0v) is 13.0. The van der Waals surface area contributed by atoms with Crippen LogP contribution in [-0.2, 0) is 11.3 Å². The summed E-state index contributed by atoms with van der Waals surface area (Å²) in [6, 6.07) is 2.87. The minimum Gasteiger partial charge on any atom is -0.543 e.